The number of aliphatic hydroxyl groups excluding tert-OH is 1. The number of aliphatic hydroxyl groups is 1. The van der Waals surface area contributed by atoms with Crippen LogP contribution in [0.1, 0.15) is 30.2 Å². The molecule has 0 spiro atoms. The lowest BCUT2D eigenvalue weighted by molar-refractivity contribution is 0.235. The van der Waals surface area contributed by atoms with Crippen molar-refractivity contribution < 1.29 is 9.52 Å². The summed E-state index contributed by atoms with van der Waals surface area (Å²) >= 11 is 5.82. The standard InChI is InChI=1S/C12H13ClN2O2/c1-8(12-15-14-11(7-16)17-12)6-9-2-4-10(13)5-3-9/h2-5,8,16H,6-7H2,1H3/t8-/m0/s1. The van der Waals surface area contributed by atoms with Crippen molar-refractivity contribution in [2.24, 2.45) is 0 Å². The fraction of sp³-hybridized carbons (Fsp3) is 0.333. The summed E-state index contributed by atoms with van der Waals surface area (Å²) in [4.78, 5) is 0. The van der Waals surface area contributed by atoms with Crippen LogP contribution in [0.2, 0.25) is 5.02 Å². The first-order valence-corrected chi connectivity index (χ1v) is 5.74. The Morgan fingerprint density at radius 3 is 2.59 bits per heavy atom. The summed E-state index contributed by atoms with van der Waals surface area (Å²) in [6.45, 7) is 1.78. The second-order valence-corrected chi connectivity index (χ2v) is 4.36. The summed E-state index contributed by atoms with van der Waals surface area (Å²) in [5.74, 6) is 0.913. The first-order valence-electron chi connectivity index (χ1n) is 5.36. The van der Waals surface area contributed by atoms with Gasteiger partial charge in [0.05, 0.1) is 0 Å². The third kappa shape index (κ3) is 3.05. The lowest BCUT2D eigenvalue weighted by Gasteiger charge is -2.06. The van der Waals surface area contributed by atoms with Gasteiger partial charge in [-0.2, -0.15) is 0 Å². The molecule has 1 atom stereocenters. The lowest BCUT2D eigenvalue weighted by Crippen LogP contribution is -1.98. The molecular weight excluding hydrogens is 240 g/mol. The maximum Gasteiger partial charge on any atom is 0.241 e. The highest BCUT2D eigenvalue weighted by molar-refractivity contribution is 6.30. The number of nitrogens with zero attached hydrogens (tertiary/aromatic N) is 2. The van der Waals surface area contributed by atoms with Crippen LogP contribution in [0.4, 0.5) is 0 Å². The van der Waals surface area contributed by atoms with E-state index in [1.807, 2.05) is 31.2 Å². The minimum atomic E-state index is -0.222. The van der Waals surface area contributed by atoms with Crippen LogP contribution in [0.3, 0.4) is 0 Å². The van der Waals surface area contributed by atoms with Gasteiger partial charge in [-0.15, -0.1) is 10.2 Å². The Balaban J connectivity index is 2.05. The highest BCUT2D eigenvalue weighted by Crippen LogP contribution is 2.20. The molecule has 4 nitrogen and oxygen atoms in total. The summed E-state index contributed by atoms with van der Waals surface area (Å²) in [6, 6.07) is 7.66. The zero-order valence-electron chi connectivity index (χ0n) is 9.43. The van der Waals surface area contributed by atoms with Crippen molar-refractivity contribution in [2.45, 2.75) is 25.9 Å². The minimum absolute atomic E-state index is 0.115. The van der Waals surface area contributed by atoms with Gasteiger partial charge in [0.2, 0.25) is 11.8 Å². The molecule has 0 fully saturated rings. The molecule has 0 radical (unpaired) electrons. The molecule has 17 heavy (non-hydrogen) atoms. The minimum Gasteiger partial charge on any atom is -0.422 e. The first-order chi connectivity index (χ1) is 8.19. The van der Waals surface area contributed by atoms with E-state index in [2.05, 4.69) is 10.2 Å². The van der Waals surface area contributed by atoms with Crippen LogP contribution in [0, 0.1) is 0 Å². The number of halogens is 1. The quantitative estimate of drug-likeness (QED) is 0.909. The molecular formula is C12H13ClN2O2. The molecule has 0 amide bonds. The molecule has 0 aliphatic heterocycles. The zero-order valence-corrected chi connectivity index (χ0v) is 10.2. The monoisotopic (exact) mass is 252 g/mol. The SMILES string of the molecule is C[C@@H](Cc1ccc(Cl)cc1)c1nnc(CO)o1. The molecule has 5 heteroatoms. The highest BCUT2D eigenvalue weighted by atomic mass is 35.5. The normalized spacial score (nSPS) is 12.6. The maximum atomic E-state index is 8.84. The van der Waals surface area contributed by atoms with Gasteiger partial charge in [-0.3, -0.25) is 0 Å². The van der Waals surface area contributed by atoms with Gasteiger partial charge in [0, 0.05) is 10.9 Å². The Bertz CT molecular complexity index is 482. The van der Waals surface area contributed by atoms with Gasteiger partial charge in [-0.05, 0) is 24.1 Å². The van der Waals surface area contributed by atoms with E-state index >= 15 is 0 Å². The molecule has 0 aliphatic rings. The second kappa shape index (κ2) is 5.29. The summed E-state index contributed by atoms with van der Waals surface area (Å²) in [7, 11) is 0. The maximum absolute atomic E-state index is 8.84. The van der Waals surface area contributed by atoms with E-state index in [-0.39, 0.29) is 18.4 Å². The number of aromatic nitrogens is 2. The molecule has 90 valence electrons. The average molecular weight is 253 g/mol. The summed E-state index contributed by atoms with van der Waals surface area (Å²) in [5, 5.41) is 17.2. The van der Waals surface area contributed by atoms with Gasteiger partial charge in [0.15, 0.2) is 0 Å². The van der Waals surface area contributed by atoms with Crippen molar-refractivity contribution in [3.8, 4) is 0 Å². The molecule has 2 aromatic rings. The smallest absolute Gasteiger partial charge is 0.241 e. The Hall–Kier alpha value is -1.39. The second-order valence-electron chi connectivity index (χ2n) is 3.92. The zero-order chi connectivity index (χ0) is 12.3. The summed E-state index contributed by atoms with van der Waals surface area (Å²) < 4.78 is 5.29. The van der Waals surface area contributed by atoms with Crippen molar-refractivity contribution in [3.05, 3.63) is 46.6 Å². The van der Waals surface area contributed by atoms with Gasteiger partial charge in [-0.25, -0.2) is 0 Å². The van der Waals surface area contributed by atoms with E-state index in [1.165, 1.54) is 0 Å². The fourth-order valence-corrected chi connectivity index (χ4v) is 1.72. The molecule has 1 N–H and O–H groups in total. The van der Waals surface area contributed by atoms with Crippen LogP contribution in [0.5, 0.6) is 0 Å². The molecule has 0 saturated heterocycles. The van der Waals surface area contributed by atoms with Gasteiger partial charge >= 0.3 is 0 Å². The van der Waals surface area contributed by atoms with Gasteiger partial charge in [-0.1, -0.05) is 30.7 Å². The summed E-state index contributed by atoms with van der Waals surface area (Å²) in [6.07, 6.45) is 0.796. The molecule has 0 aliphatic carbocycles. The topological polar surface area (TPSA) is 59.2 Å². The highest BCUT2D eigenvalue weighted by Gasteiger charge is 2.14. The van der Waals surface area contributed by atoms with Crippen molar-refractivity contribution in [1.29, 1.82) is 0 Å². The molecule has 0 unspecified atom stereocenters. The average Bonchev–Trinajstić information content (AvgIpc) is 2.81. The van der Waals surface area contributed by atoms with Crippen molar-refractivity contribution in [3.63, 3.8) is 0 Å². The summed E-state index contributed by atoms with van der Waals surface area (Å²) in [5.41, 5.74) is 1.16. The first kappa shape index (κ1) is 12.1. The fourth-order valence-electron chi connectivity index (χ4n) is 1.59. The van der Waals surface area contributed by atoms with Gasteiger partial charge in [0.25, 0.3) is 0 Å². The van der Waals surface area contributed by atoms with Crippen LogP contribution in [-0.4, -0.2) is 15.3 Å². The Labute approximate surface area is 104 Å². The largest absolute Gasteiger partial charge is 0.422 e. The van der Waals surface area contributed by atoms with E-state index < -0.39 is 0 Å². The molecule has 1 heterocycles. The van der Waals surface area contributed by atoms with E-state index in [1.54, 1.807) is 0 Å². The number of hydrogen-bond acceptors (Lipinski definition) is 4. The number of rotatable bonds is 4. The van der Waals surface area contributed by atoms with Gasteiger partial charge in [0.1, 0.15) is 6.61 Å². The van der Waals surface area contributed by atoms with Crippen LogP contribution >= 0.6 is 11.6 Å². The van der Waals surface area contributed by atoms with Crippen molar-refractivity contribution in [1.82, 2.24) is 10.2 Å². The van der Waals surface area contributed by atoms with E-state index in [4.69, 9.17) is 21.1 Å². The van der Waals surface area contributed by atoms with Crippen LogP contribution < -0.4 is 0 Å². The van der Waals surface area contributed by atoms with E-state index in [9.17, 15) is 0 Å². The molecule has 1 aromatic carbocycles. The third-order valence-electron chi connectivity index (χ3n) is 2.49. The number of benzene rings is 1. The Kier molecular flexibility index (Phi) is 3.76. The van der Waals surface area contributed by atoms with E-state index in [0.717, 1.165) is 17.0 Å². The Morgan fingerprint density at radius 1 is 1.29 bits per heavy atom. The lowest BCUT2D eigenvalue weighted by atomic mass is 10.0. The molecule has 1 aromatic heterocycles. The molecule has 2 rings (SSSR count). The van der Waals surface area contributed by atoms with Crippen molar-refractivity contribution in [2.75, 3.05) is 0 Å². The molecule has 0 saturated carbocycles. The third-order valence-corrected chi connectivity index (χ3v) is 2.75. The van der Waals surface area contributed by atoms with Gasteiger partial charge < -0.3 is 9.52 Å². The van der Waals surface area contributed by atoms with Crippen molar-refractivity contribution >= 4 is 11.6 Å². The number of hydrogen-bond donors (Lipinski definition) is 1. The molecule has 0 bridgehead atoms. The van der Waals surface area contributed by atoms with Crippen LogP contribution in [0.15, 0.2) is 28.7 Å². The van der Waals surface area contributed by atoms with Crippen LogP contribution in [0.25, 0.3) is 0 Å². The predicted molar refractivity (Wildman–Crippen MR) is 63.8 cm³/mol. The predicted octanol–water partition coefficient (Wildman–Crippen LogP) is 2.56. The Morgan fingerprint density at radius 2 is 2.00 bits per heavy atom. The van der Waals surface area contributed by atoms with Crippen LogP contribution in [-0.2, 0) is 13.0 Å². The van der Waals surface area contributed by atoms with E-state index in [0.29, 0.717) is 5.89 Å².